The molecule has 1 nitrogen and oxygen atoms in total. The zero-order valence-corrected chi connectivity index (χ0v) is 14.2. The number of benzene rings is 2. The third kappa shape index (κ3) is 7.02. The van der Waals surface area contributed by atoms with Crippen LogP contribution >= 0.6 is 7.92 Å². The molecule has 1 fully saturated rings. The smallest absolute Gasteiger partial charge is 0.418 e. The Labute approximate surface area is 141 Å². The summed E-state index contributed by atoms with van der Waals surface area (Å²) in [6, 6.07) is 22.9. The van der Waals surface area contributed by atoms with E-state index in [-0.39, 0.29) is 7.92 Å². The van der Waals surface area contributed by atoms with Crippen LogP contribution in [0, 0.1) is 0 Å². The third-order valence-corrected chi connectivity index (χ3v) is 6.51. The van der Waals surface area contributed by atoms with Gasteiger partial charge in [0.05, 0.1) is 12.6 Å². The van der Waals surface area contributed by atoms with Crippen LogP contribution in [0.5, 0.6) is 0 Å². The lowest BCUT2D eigenvalue weighted by Gasteiger charge is -2.20. The molecule has 0 bridgehead atoms. The summed E-state index contributed by atoms with van der Waals surface area (Å²) >= 11 is 0. The van der Waals surface area contributed by atoms with Gasteiger partial charge in [-0.15, -0.1) is 0 Å². The third-order valence-electron chi connectivity index (χ3n) is 3.83. The molecular weight excluding hydrogens is 336 g/mol. The highest BCUT2D eigenvalue weighted by Gasteiger charge is 2.24. The van der Waals surface area contributed by atoms with Gasteiger partial charge in [0.2, 0.25) is 0 Å². The number of halogens is 4. The van der Waals surface area contributed by atoms with Crippen molar-refractivity contribution < 1.29 is 22.6 Å². The van der Waals surface area contributed by atoms with Crippen molar-refractivity contribution in [3.8, 4) is 0 Å². The van der Waals surface area contributed by atoms with E-state index < -0.39 is 7.25 Å². The van der Waals surface area contributed by atoms with Crippen LogP contribution in [0.3, 0.4) is 0 Å². The average Bonchev–Trinajstić information content (AvgIpc) is 3.06. The van der Waals surface area contributed by atoms with Gasteiger partial charge in [0.25, 0.3) is 0 Å². The first-order chi connectivity index (χ1) is 11.4. The topological polar surface area (TPSA) is 16.6 Å². The number of hydrogen-bond donors (Lipinski definition) is 1. The molecule has 24 heavy (non-hydrogen) atoms. The normalized spacial score (nSPS) is 17.5. The van der Waals surface area contributed by atoms with Crippen LogP contribution in [0.4, 0.5) is 17.3 Å². The Morgan fingerprint density at radius 1 is 0.875 bits per heavy atom. The van der Waals surface area contributed by atoms with Crippen molar-refractivity contribution in [1.29, 1.82) is 0 Å². The molecule has 1 heterocycles. The quantitative estimate of drug-likeness (QED) is 0.492. The summed E-state index contributed by atoms with van der Waals surface area (Å²) in [6.07, 6.45) is 4.10. The molecular formula is C17H21BF4NP. The van der Waals surface area contributed by atoms with Gasteiger partial charge in [-0.3, -0.25) is 0 Å². The minimum Gasteiger partial charge on any atom is -0.418 e. The highest BCUT2D eigenvalue weighted by Crippen LogP contribution is 2.34. The number of rotatable bonds is 4. The van der Waals surface area contributed by atoms with Crippen molar-refractivity contribution in [1.82, 2.24) is 0 Å². The molecule has 2 aromatic carbocycles. The molecule has 0 aromatic heterocycles. The zero-order valence-electron chi connectivity index (χ0n) is 13.3. The first-order valence-corrected chi connectivity index (χ1v) is 9.54. The van der Waals surface area contributed by atoms with Crippen LogP contribution in [0.1, 0.15) is 12.8 Å². The number of nitrogens with two attached hydrogens (primary N) is 1. The Balaban J connectivity index is 0.000000368. The number of hydrogen-bond acceptors (Lipinski definition) is 0. The molecule has 1 aliphatic rings. The van der Waals surface area contributed by atoms with E-state index >= 15 is 0 Å². The molecule has 130 valence electrons. The van der Waals surface area contributed by atoms with Crippen LogP contribution in [-0.4, -0.2) is 26.0 Å². The predicted octanol–water partition coefficient (Wildman–Crippen LogP) is 3.15. The second-order valence-electron chi connectivity index (χ2n) is 5.70. The maximum absolute atomic E-state index is 9.75. The fourth-order valence-corrected chi connectivity index (χ4v) is 5.41. The highest BCUT2D eigenvalue weighted by atomic mass is 31.1. The highest BCUT2D eigenvalue weighted by molar-refractivity contribution is 7.73. The van der Waals surface area contributed by atoms with Crippen LogP contribution in [0.2, 0.25) is 0 Å². The monoisotopic (exact) mass is 357 g/mol. The van der Waals surface area contributed by atoms with E-state index in [1.165, 1.54) is 36.2 Å². The predicted molar refractivity (Wildman–Crippen MR) is 93.9 cm³/mol. The molecule has 0 amide bonds. The first-order valence-electron chi connectivity index (χ1n) is 8.02. The Bertz CT molecular complexity index is 543. The van der Waals surface area contributed by atoms with Gasteiger partial charge in [0, 0.05) is 19.0 Å². The average molecular weight is 357 g/mol. The van der Waals surface area contributed by atoms with Gasteiger partial charge in [0.15, 0.2) is 0 Å². The Hall–Kier alpha value is -1.39. The van der Waals surface area contributed by atoms with Crippen molar-refractivity contribution in [2.24, 2.45) is 0 Å². The lowest BCUT2D eigenvalue weighted by atomic mass is 10.3. The van der Waals surface area contributed by atoms with Crippen molar-refractivity contribution in [2.75, 3.05) is 12.7 Å². The maximum Gasteiger partial charge on any atom is 0.673 e. The maximum atomic E-state index is 9.75. The molecule has 3 rings (SSSR count). The summed E-state index contributed by atoms with van der Waals surface area (Å²) in [5.74, 6) is 0. The van der Waals surface area contributed by atoms with E-state index in [0.29, 0.717) is 0 Å². The second kappa shape index (κ2) is 9.19. The fourth-order valence-electron chi connectivity index (χ4n) is 2.83. The molecule has 0 aliphatic carbocycles. The Morgan fingerprint density at radius 3 is 1.71 bits per heavy atom. The summed E-state index contributed by atoms with van der Waals surface area (Å²) in [6.45, 7) is 1.32. The summed E-state index contributed by atoms with van der Waals surface area (Å²) in [5.41, 5.74) is 0. The zero-order chi connectivity index (χ0) is 17.4. The molecule has 1 aliphatic heterocycles. The Morgan fingerprint density at radius 2 is 1.33 bits per heavy atom. The van der Waals surface area contributed by atoms with Crippen LogP contribution in [0.15, 0.2) is 60.7 Å². The van der Waals surface area contributed by atoms with Crippen molar-refractivity contribution >= 4 is 25.8 Å². The van der Waals surface area contributed by atoms with Gasteiger partial charge in [-0.05, 0) is 18.5 Å². The van der Waals surface area contributed by atoms with E-state index in [0.717, 1.165) is 6.04 Å². The van der Waals surface area contributed by atoms with Gasteiger partial charge in [0.1, 0.15) is 0 Å². The minimum absolute atomic E-state index is 0.193. The van der Waals surface area contributed by atoms with Crippen LogP contribution < -0.4 is 15.9 Å². The molecule has 2 aromatic rings. The summed E-state index contributed by atoms with van der Waals surface area (Å²) < 4.78 is 39.0. The van der Waals surface area contributed by atoms with Crippen molar-refractivity contribution in [3.05, 3.63) is 60.7 Å². The fraction of sp³-hybridized carbons (Fsp3) is 0.294. The van der Waals surface area contributed by atoms with Gasteiger partial charge in [-0.2, -0.15) is 0 Å². The molecule has 0 unspecified atom stereocenters. The summed E-state index contributed by atoms with van der Waals surface area (Å²) in [4.78, 5) is 0. The first kappa shape index (κ1) is 18.9. The Kier molecular flexibility index (Phi) is 7.26. The number of quaternary nitrogens is 1. The molecule has 1 atom stereocenters. The van der Waals surface area contributed by atoms with E-state index in [2.05, 4.69) is 66.0 Å². The van der Waals surface area contributed by atoms with E-state index in [1.54, 1.807) is 0 Å². The minimum atomic E-state index is -6.00. The van der Waals surface area contributed by atoms with Gasteiger partial charge >= 0.3 is 7.25 Å². The largest absolute Gasteiger partial charge is 0.673 e. The van der Waals surface area contributed by atoms with Crippen molar-refractivity contribution in [3.63, 3.8) is 0 Å². The molecule has 0 radical (unpaired) electrons. The standard InChI is InChI=1S/C17H20NP.BF4/c1-3-9-16(10-4-1)19(14-15-8-7-13-18-15)17-11-5-2-6-12-17;2-1(3,4)5/h1-6,9-12,15,18H,7-8,13-14H2;/q;-1/p+1/t15-;/m0./s1. The summed E-state index contributed by atoms with van der Waals surface area (Å²) in [5, 5.41) is 5.58. The van der Waals surface area contributed by atoms with Gasteiger partial charge in [-0.1, -0.05) is 60.7 Å². The van der Waals surface area contributed by atoms with Crippen LogP contribution in [0.25, 0.3) is 0 Å². The molecule has 0 saturated carbocycles. The molecule has 0 spiro atoms. The van der Waals surface area contributed by atoms with Crippen LogP contribution in [-0.2, 0) is 0 Å². The lowest BCUT2D eigenvalue weighted by Crippen LogP contribution is -2.87. The van der Waals surface area contributed by atoms with Gasteiger partial charge < -0.3 is 22.6 Å². The lowest BCUT2D eigenvalue weighted by molar-refractivity contribution is -0.665. The molecule has 7 heteroatoms. The molecule has 1 saturated heterocycles. The second-order valence-corrected chi connectivity index (χ2v) is 7.96. The van der Waals surface area contributed by atoms with E-state index in [1.807, 2.05) is 0 Å². The summed E-state index contributed by atoms with van der Waals surface area (Å²) in [7, 11) is -6.19. The van der Waals surface area contributed by atoms with Gasteiger partial charge in [-0.25, -0.2) is 0 Å². The van der Waals surface area contributed by atoms with E-state index in [4.69, 9.17) is 0 Å². The van der Waals surface area contributed by atoms with Crippen molar-refractivity contribution in [2.45, 2.75) is 18.9 Å². The van der Waals surface area contributed by atoms with E-state index in [9.17, 15) is 17.3 Å². The SMILES string of the molecule is F[B-](F)(F)F.c1ccc(P(C[C@@H]2CCC[NH2+]2)c2ccccc2)cc1. The molecule has 2 N–H and O–H groups in total.